The highest BCUT2D eigenvalue weighted by Gasteiger charge is 2.18. The van der Waals surface area contributed by atoms with Gasteiger partial charge in [0.25, 0.3) is 0 Å². The molecular formula is C18H16ClN3O3S. The van der Waals surface area contributed by atoms with Crippen LogP contribution in [0.2, 0.25) is 5.02 Å². The first kappa shape index (κ1) is 18.3. The van der Waals surface area contributed by atoms with Crippen LogP contribution >= 0.6 is 23.4 Å². The lowest BCUT2D eigenvalue weighted by atomic mass is 10.2. The number of rotatable bonds is 6. The highest BCUT2D eigenvalue weighted by atomic mass is 35.5. The minimum Gasteiger partial charge on any atom is -0.497 e. The monoisotopic (exact) mass is 389 g/mol. The third kappa shape index (κ3) is 4.00. The van der Waals surface area contributed by atoms with Crippen molar-refractivity contribution < 1.29 is 14.3 Å². The predicted octanol–water partition coefficient (Wildman–Crippen LogP) is 3.86. The van der Waals surface area contributed by atoms with Crippen molar-refractivity contribution in [2.24, 2.45) is 0 Å². The molecule has 0 fully saturated rings. The molecule has 0 aliphatic heterocycles. The molecule has 1 heterocycles. The van der Waals surface area contributed by atoms with Crippen LogP contribution in [0, 0.1) is 0 Å². The van der Waals surface area contributed by atoms with Gasteiger partial charge in [-0.05, 0) is 36.4 Å². The van der Waals surface area contributed by atoms with Gasteiger partial charge < -0.3 is 9.47 Å². The third-order valence-electron chi connectivity index (χ3n) is 3.59. The number of halogens is 1. The summed E-state index contributed by atoms with van der Waals surface area (Å²) in [4.78, 5) is 11.5. The summed E-state index contributed by atoms with van der Waals surface area (Å²) in [7, 11) is 2.97. The molecule has 3 aromatic rings. The molecule has 0 atom stereocenters. The van der Waals surface area contributed by atoms with E-state index in [2.05, 4.69) is 10.2 Å². The average Bonchev–Trinajstić information content (AvgIpc) is 3.10. The largest absolute Gasteiger partial charge is 0.497 e. The zero-order valence-electron chi connectivity index (χ0n) is 14.2. The van der Waals surface area contributed by atoms with Crippen LogP contribution in [0.1, 0.15) is 0 Å². The maximum atomic E-state index is 11.5. The lowest BCUT2D eigenvalue weighted by Crippen LogP contribution is -2.05. The standard InChI is InChI=1S/C18H16ClN3O3S/c1-24-15-5-3-4-12(10-15)17-20-21-18(26-11-16(23)25-2)22(17)14-8-6-13(19)7-9-14/h3-10H,11H2,1-2H3. The van der Waals surface area contributed by atoms with Gasteiger partial charge in [-0.15, -0.1) is 10.2 Å². The molecule has 0 aliphatic rings. The molecule has 0 N–H and O–H groups in total. The first-order chi connectivity index (χ1) is 12.6. The number of thioether (sulfide) groups is 1. The summed E-state index contributed by atoms with van der Waals surface area (Å²) >= 11 is 7.26. The topological polar surface area (TPSA) is 66.2 Å². The van der Waals surface area contributed by atoms with Crippen molar-refractivity contribution in [2.45, 2.75) is 5.16 Å². The zero-order valence-corrected chi connectivity index (χ0v) is 15.8. The number of ether oxygens (including phenoxy) is 2. The Morgan fingerprint density at radius 3 is 2.62 bits per heavy atom. The minimum atomic E-state index is -0.330. The molecule has 6 nitrogen and oxygen atoms in total. The lowest BCUT2D eigenvalue weighted by Gasteiger charge is -2.11. The van der Waals surface area contributed by atoms with Gasteiger partial charge >= 0.3 is 5.97 Å². The molecule has 134 valence electrons. The Labute approximate surface area is 160 Å². The first-order valence-electron chi connectivity index (χ1n) is 7.67. The Kier molecular flexibility index (Phi) is 5.80. The molecular weight excluding hydrogens is 374 g/mol. The SMILES string of the molecule is COC(=O)CSc1nnc(-c2cccc(OC)c2)n1-c1ccc(Cl)cc1. The fourth-order valence-corrected chi connectivity index (χ4v) is 3.23. The fourth-order valence-electron chi connectivity index (χ4n) is 2.32. The number of aromatic nitrogens is 3. The van der Waals surface area contributed by atoms with Crippen molar-refractivity contribution in [3.8, 4) is 22.8 Å². The van der Waals surface area contributed by atoms with Crippen LogP contribution in [0.5, 0.6) is 5.75 Å². The summed E-state index contributed by atoms with van der Waals surface area (Å²) in [5.41, 5.74) is 1.68. The van der Waals surface area contributed by atoms with E-state index in [0.717, 1.165) is 17.0 Å². The molecule has 8 heteroatoms. The zero-order chi connectivity index (χ0) is 18.5. The van der Waals surface area contributed by atoms with Crippen molar-refractivity contribution in [2.75, 3.05) is 20.0 Å². The number of hydrogen-bond acceptors (Lipinski definition) is 6. The molecule has 0 bridgehead atoms. The van der Waals surface area contributed by atoms with Gasteiger partial charge in [0.2, 0.25) is 0 Å². The second-order valence-electron chi connectivity index (χ2n) is 5.21. The second kappa shape index (κ2) is 8.25. The van der Waals surface area contributed by atoms with Crippen LogP contribution in [-0.4, -0.2) is 40.7 Å². The number of carbonyl (C=O) groups excluding carboxylic acids is 1. The Morgan fingerprint density at radius 1 is 1.15 bits per heavy atom. The molecule has 1 aromatic heterocycles. The summed E-state index contributed by atoms with van der Waals surface area (Å²) in [5, 5.41) is 9.78. The highest BCUT2D eigenvalue weighted by Crippen LogP contribution is 2.30. The Bertz CT molecular complexity index is 912. The Hall–Kier alpha value is -2.51. The number of carbonyl (C=O) groups is 1. The van der Waals surface area contributed by atoms with E-state index in [1.54, 1.807) is 19.2 Å². The van der Waals surface area contributed by atoms with E-state index in [-0.39, 0.29) is 11.7 Å². The second-order valence-corrected chi connectivity index (χ2v) is 6.59. The number of hydrogen-bond donors (Lipinski definition) is 0. The third-order valence-corrected chi connectivity index (χ3v) is 4.75. The maximum absolute atomic E-state index is 11.5. The van der Waals surface area contributed by atoms with Crippen LogP contribution in [-0.2, 0) is 9.53 Å². The Morgan fingerprint density at radius 2 is 1.92 bits per heavy atom. The first-order valence-corrected chi connectivity index (χ1v) is 9.04. The summed E-state index contributed by atoms with van der Waals surface area (Å²) in [6.07, 6.45) is 0. The average molecular weight is 390 g/mol. The van der Waals surface area contributed by atoms with Crippen molar-refractivity contribution in [1.82, 2.24) is 14.8 Å². The van der Waals surface area contributed by atoms with Crippen molar-refractivity contribution in [3.63, 3.8) is 0 Å². The maximum Gasteiger partial charge on any atom is 0.316 e. The van der Waals surface area contributed by atoms with Gasteiger partial charge in [-0.2, -0.15) is 0 Å². The highest BCUT2D eigenvalue weighted by molar-refractivity contribution is 7.99. The molecule has 2 aromatic carbocycles. The van der Waals surface area contributed by atoms with E-state index in [1.807, 2.05) is 41.0 Å². The molecule has 0 saturated carbocycles. The van der Waals surface area contributed by atoms with E-state index < -0.39 is 0 Å². The summed E-state index contributed by atoms with van der Waals surface area (Å²) in [5.74, 6) is 1.17. The van der Waals surface area contributed by atoms with Crippen molar-refractivity contribution >= 4 is 29.3 Å². The number of benzene rings is 2. The van der Waals surface area contributed by atoms with Gasteiger partial charge in [-0.25, -0.2) is 0 Å². The molecule has 0 amide bonds. The molecule has 26 heavy (non-hydrogen) atoms. The summed E-state index contributed by atoms with van der Waals surface area (Å²) in [6.45, 7) is 0. The predicted molar refractivity (Wildman–Crippen MR) is 101 cm³/mol. The number of methoxy groups -OCH3 is 2. The number of esters is 1. The smallest absolute Gasteiger partial charge is 0.316 e. The fraction of sp³-hybridized carbons (Fsp3) is 0.167. The van der Waals surface area contributed by atoms with Crippen molar-refractivity contribution in [3.05, 3.63) is 53.6 Å². The lowest BCUT2D eigenvalue weighted by molar-refractivity contribution is -0.137. The quantitative estimate of drug-likeness (QED) is 0.471. The van der Waals surface area contributed by atoms with Gasteiger partial charge in [0.15, 0.2) is 11.0 Å². The van der Waals surface area contributed by atoms with Crippen molar-refractivity contribution in [1.29, 1.82) is 0 Å². The van der Waals surface area contributed by atoms with Crippen LogP contribution in [0.4, 0.5) is 0 Å². The molecule has 3 rings (SSSR count). The summed E-state index contributed by atoms with van der Waals surface area (Å²) < 4.78 is 11.9. The van der Waals surface area contributed by atoms with E-state index in [0.29, 0.717) is 16.0 Å². The van der Waals surface area contributed by atoms with E-state index in [4.69, 9.17) is 21.1 Å². The normalized spacial score (nSPS) is 10.6. The van der Waals surface area contributed by atoms with Gasteiger partial charge in [0.1, 0.15) is 5.75 Å². The minimum absolute atomic E-state index is 0.139. The summed E-state index contributed by atoms with van der Waals surface area (Å²) in [6, 6.07) is 14.9. The number of nitrogens with zero attached hydrogens (tertiary/aromatic N) is 3. The Balaban J connectivity index is 2.07. The van der Waals surface area contributed by atoms with Crippen LogP contribution in [0.25, 0.3) is 17.1 Å². The molecule has 0 spiro atoms. The van der Waals surface area contributed by atoms with Gasteiger partial charge in [-0.1, -0.05) is 35.5 Å². The van der Waals surface area contributed by atoms with Gasteiger partial charge in [0, 0.05) is 16.3 Å². The van der Waals surface area contributed by atoms with Crippen LogP contribution < -0.4 is 4.74 Å². The van der Waals surface area contributed by atoms with Crippen LogP contribution in [0.15, 0.2) is 53.7 Å². The van der Waals surface area contributed by atoms with Gasteiger partial charge in [-0.3, -0.25) is 9.36 Å². The van der Waals surface area contributed by atoms with E-state index in [1.165, 1.54) is 18.9 Å². The van der Waals surface area contributed by atoms with E-state index in [9.17, 15) is 4.79 Å². The van der Waals surface area contributed by atoms with Crippen LogP contribution in [0.3, 0.4) is 0 Å². The van der Waals surface area contributed by atoms with Gasteiger partial charge in [0.05, 0.1) is 20.0 Å². The van der Waals surface area contributed by atoms with E-state index >= 15 is 0 Å². The molecule has 0 aliphatic carbocycles. The molecule has 0 unspecified atom stereocenters. The molecule has 0 saturated heterocycles. The molecule has 0 radical (unpaired) electrons.